The molecule has 104 valence electrons. The highest BCUT2D eigenvalue weighted by Gasteiger charge is 2.26. The van der Waals surface area contributed by atoms with Crippen molar-refractivity contribution < 1.29 is 9.47 Å². The second kappa shape index (κ2) is 5.88. The summed E-state index contributed by atoms with van der Waals surface area (Å²) in [6.07, 6.45) is 2.41. The highest BCUT2D eigenvalue weighted by molar-refractivity contribution is 7.80. The van der Waals surface area contributed by atoms with Gasteiger partial charge in [-0.25, -0.2) is 0 Å². The van der Waals surface area contributed by atoms with Gasteiger partial charge in [0.05, 0.1) is 17.8 Å². The molecule has 0 spiro atoms. The van der Waals surface area contributed by atoms with Crippen molar-refractivity contribution in [2.45, 2.75) is 51.9 Å². The standard InChI is InChI=1S/C15H21NO2S/c1-9-4-5-13(15(16)19)14(6-9)18-12-7-10(2)17-11(3)8-12/h4-6,10-12H,7-8H2,1-3H3,(H2,16,19). The van der Waals surface area contributed by atoms with E-state index in [0.717, 1.165) is 29.7 Å². The van der Waals surface area contributed by atoms with Gasteiger partial charge in [-0.15, -0.1) is 0 Å². The predicted molar refractivity (Wildman–Crippen MR) is 80.7 cm³/mol. The van der Waals surface area contributed by atoms with Crippen LogP contribution in [-0.2, 0) is 4.74 Å². The molecule has 1 aromatic rings. The number of hydrogen-bond acceptors (Lipinski definition) is 3. The molecule has 2 unspecified atom stereocenters. The molecule has 0 radical (unpaired) electrons. The van der Waals surface area contributed by atoms with Gasteiger partial charge in [0.2, 0.25) is 0 Å². The largest absolute Gasteiger partial charge is 0.489 e. The Kier molecular flexibility index (Phi) is 4.42. The summed E-state index contributed by atoms with van der Waals surface area (Å²) in [5.74, 6) is 0.791. The van der Waals surface area contributed by atoms with Crippen molar-refractivity contribution in [3.63, 3.8) is 0 Å². The van der Waals surface area contributed by atoms with Gasteiger partial charge in [-0.05, 0) is 38.5 Å². The normalized spacial score (nSPS) is 27.0. The van der Waals surface area contributed by atoms with Gasteiger partial charge in [0.25, 0.3) is 0 Å². The number of hydrogen-bond donors (Lipinski definition) is 1. The predicted octanol–water partition coefficient (Wildman–Crippen LogP) is 2.96. The van der Waals surface area contributed by atoms with Gasteiger partial charge >= 0.3 is 0 Å². The van der Waals surface area contributed by atoms with Crippen LogP contribution in [0.5, 0.6) is 5.75 Å². The Bertz CT molecular complexity index is 465. The molecule has 1 aliphatic heterocycles. The van der Waals surface area contributed by atoms with E-state index >= 15 is 0 Å². The third kappa shape index (κ3) is 3.67. The van der Waals surface area contributed by atoms with Crippen molar-refractivity contribution in [1.82, 2.24) is 0 Å². The summed E-state index contributed by atoms with van der Waals surface area (Å²) in [4.78, 5) is 0.378. The van der Waals surface area contributed by atoms with Crippen LogP contribution in [-0.4, -0.2) is 23.3 Å². The lowest BCUT2D eigenvalue weighted by molar-refractivity contribution is -0.0721. The van der Waals surface area contributed by atoms with E-state index in [9.17, 15) is 0 Å². The van der Waals surface area contributed by atoms with Crippen LogP contribution >= 0.6 is 12.2 Å². The lowest BCUT2D eigenvalue weighted by Gasteiger charge is -2.32. The minimum Gasteiger partial charge on any atom is -0.489 e. The first-order valence-corrected chi connectivity index (χ1v) is 7.09. The fourth-order valence-electron chi connectivity index (χ4n) is 2.55. The van der Waals surface area contributed by atoms with Gasteiger partial charge in [0.1, 0.15) is 16.8 Å². The molecule has 19 heavy (non-hydrogen) atoms. The van der Waals surface area contributed by atoms with Crippen molar-refractivity contribution in [3.8, 4) is 5.75 Å². The van der Waals surface area contributed by atoms with Gasteiger partial charge in [-0.2, -0.15) is 0 Å². The molecule has 3 nitrogen and oxygen atoms in total. The van der Waals surface area contributed by atoms with E-state index in [4.69, 9.17) is 27.4 Å². The molecule has 0 bridgehead atoms. The van der Waals surface area contributed by atoms with E-state index in [1.54, 1.807) is 0 Å². The van der Waals surface area contributed by atoms with Crippen LogP contribution in [0.15, 0.2) is 18.2 Å². The van der Waals surface area contributed by atoms with E-state index in [0.29, 0.717) is 4.99 Å². The van der Waals surface area contributed by atoms with Crippen LogP contribution in [0.1, 0.15) is 37.8 Å². The first-order chi connectivity index (χ1) is 8.95. The fourth-order valence-corrected chi connectivity index (χ4v) is 2.72. The molecule has 4 heteroatoms. The summed E-state index contributed by atoms with van der Waals surface area (Å²) >= 11 is 5.08. The Morgan fingerprint density at radius 2 is 1.95 bits per heavy atom. The van der Waals surface area contributed by atoms with Crippen molar-refractivity contribution in [2.24, 2.45) is 5.73 Å². The molecule has 2 atom stereocenters. The van der Waals surface area contributed by atoms with Gasteiger partial charge in [-0.1, -0.05) is 18.3 Å². The molecule has 1 fully saturated rings. The Hall–Kier alpha value is -1.13. The molecular formula is C15H21NO2S. The summed E-state index contributed by atoms with van der Waals surface area (Å²) in [6, 6.07) is 5.93. The smallest absolute Gasteiger partial charge is 0.130 e. The molecule has 0 saturated carbocycles. The Labute approximate surface area is 120 Å². The molecule has 1 heterocycles. The zero-order chi connectivity index (χ0) is 14.0. The number of thiocarbonyl (C=S) groups is 1. The molecule has 1 aromatic carbocycles. The quantitative estimate of drug-likeness (QED) is 0.864. The van der Waals surface area contributed by atoms with Gasteiger partial charge in [0, 0.05) is 12.8 Å². The summed E-state index contributed by atoms with van der Waals surface area (Å²) < 4.78 is 11.8. The Morgan fingerprint density at radius 3 is 2.53 bits per heavy atom. The summed E-state index contributed by atoms with van der Waals surface area (Å²) in [6.45, 7) is 6.19. The van der Waals surface area contributed by atoms with Crippen LogP contribution in [0.25, 0.3) is 0 Å². The highest BCUT2D eigenvalue weighted by atomic mass is 32.1. The van der Waals surface area contributed by atoms with Gasteiger partial charge < -0.3 is 15.2 Å². The molecule has 1 aliphatic rings. The molecule has 2 rings (SSSR count). The first kappa shape index (κ1) is 14.3. The lowest BCUT2D eigenvalue weighted by Crippen LogP contribution is -2.36. The first-order valence-electron chi connectivity index (χ1n) is 6.68. The molecule has 2 N–H and O–H groups in total. The average molecular weight is 279 g/mol. The summed E-state index contributed by atoms with van der Waals surface area (Å²) in [7, 11) is 0. The van der Waals surface area contributed by atoms with Gasteiger partial charge in [0.15, 0.2) is 0 Å². The van der Waals surface area contributed by atoms with Crippen molar-refractivity contribution in [2.75, 3.05) is 0 Å². The van der Waals surface area contributed by atoms with Crippen molar-refractivity contribution >= 4 is 17.2 Å². The molecule has 0 amide bonds. The van der Waals surface area contributed by atoms with E-state index in [1.165, 1.54) is 0 Å². The second-order valence-electron chi connectivity index (χ2n) is 5.33. The number of ether oxygens (including phenoxy) is 2. The average Bonchev–Trinajstić information content (AvgIpc) is 2.26. The molecular weight excluding hydrogens is 258 g/mol. The summed E-state index contributed by atoms with van der Waals surface area (Å²) in [5.41, 5.74) is 7.71. The molecule has 1 saturated heterocycles. The summed E-state index contributed by atoms with van der Waals surface area (Å²) in [5, 5.41) is 0. The zero-order valence-corrected chi connectivity index (χ0v) is 12.5. The van der Waals surface area contributed by atoms with E-state index in [2.05, 4.69) is 13.8 Å². The van der Waals surface area contributed by atoms with Crippen LogP contribution in [0.2, 0.25) is 0 Å². The monoisotopic (exact) mass is 279 g/mol. The third-order valence-electron chi connectivity index (χ3n) is 3.35. The number of aryl methyl sites for hydroxylation is 1. The third-order valence-corrected chi connectivity index (χ3v) is 3.57. The van der Waals surface area contributed by atoms with Crippen LogP contribution in [0, 0.1) is 6.92 Å². The number of benzene rings is 1. The highest BCUT2D eigenvalue weighted by Crippen LogP contribution is 2.27. The maximum atomic E-state index is 6.12. The molecule has 0 aromatic heterocycles. The van der Waals surface area contributed by atoms with E-state index in [1.807, 2.05) is 25.1 Å². The fraction of sp³-hybridized carbons (Fsp3) is 0.533. The van der Waals surface area contributed by atoms with Crippen LogP contribution < -0.4 is 10.5 Å². The van der Waals surface area contributed by atoms with Crippen LogP contribution in [0.4, 0.5) is 0 Å². The maximum absolute atomic E-state index is 6.12. The van der Waals surface area contributed by atoms with Crippen molar-refractivity contribution in [3.05, 3.63) is 29.3 Å². The molecule has 0 aliphatic carbocycles. The van der Waals surface area contributed by atoms with Crippen LogP contribution in [0.3, 0.4) is 0 Å². The van der Waals surface area contributed by atoms with Crippen molar-refractivity contribution in [1.29, 1.82) is 0 Å². The second-order valence-corrected chi connectivity index (χ2v) is 5.77. The zero-order valence-electron chi connectivity index (χ0n) is 11.7. The Balaban J connectivity index is 2.18. The minimum atomic E-state index is 0.161. The number of nitrogens with two attached hydrogens (primary N) is 1. The topological polar surface area (TPSA) is 44.5 Å². The minimum absolute atomic E-state index is 0.161. The van der Waals surface area contributed by atoms with E-state index in [-0.39, 0.29) is 18.3 Å². The Morgan fingerprint density at radius 1 is 1.32 bits per heavy atom. The SMILES string of the molecule is Cc1ccc(C(N)=S)c(OC2CC(C)OC(C)C2)c1. The van der Waals surface area contributed by atoms with E-state index < -0.39 is 0 Å². The lowest BCUT2D eigenvalue weighted by atomic mass is 10.0. The number of rotatable bonds is 3. The van der Waals surface area contributed by atoms with Gasteiger partial charge in [-0.3, -0.25) is 0 Å². The maximum Gasteiger partial charge on any atom is 0.130 e.